The summed E-state index contributed by atoms with van der Waals surface area (Å²) in [6.45, 7) is 5.05. The summed E-state index contributed by atoms with van der Waals surface area (Å²) in [5.74, 6) is -0.170. The number of fused-ring (bicyclic) bond motifs is 1. The Bertz CT molecular complexity index is 1440. The minimum absolute atomic E-state index is 0.170. The highest BCUT2D eigenvalue weighted by molar-refractivity contribution is 5.85. The van der Waals surface area contributed by atoms with Crippen molar-refractivity contribution in [3.8, 4) is 11.3 Å². The molecular weight excluding hydrogens is 473 g/mol. The zero-order valence-corrected chi connectivity index (χ0v) is 21.5. The molecule has 1 saturated carbocycles. The van der Waals surface area contributed by atoms with Gasteiger partial charge in [-0.1, -0.05) is 42.5 Å². The first-order valence-electron chi connectivity index (χ1n) is 13.6. The highest BCUT2D eigenvalue weighted by Crippen LogP contribution is 2.34. The lowest BCUT2D eigenvalue weighted by Gasteiger charge is -2.49. The molecule has 0 spiro atoms. The van der Waals surface area contributed by atoms with Gasteiger partial charge in [0.1, 0.15) is 5.82 Å². The maximum atomic E-state index is 13.3. The summed E-state index contributed by atoms with van der Waals surface area (Å²) in [4.78, 5) is 14.8. The average molecular weight is 506 g/mol. The molecule has 0 unspecified atom stereocenters. The largest absolute Gasteiger partial charge is 0.369 e. The van der Waals surface area contributed by atoms with E-state index in [1.165, 1.54) is 18.5 Å². The number of aromatic nitrogens is 1. The van der Waals surface area contributed by atoms with E-state index in [2.05, 4.69) is 86.6 Å². The molecule has 4 aromatic rings. The lowest BCUT2D eigenvalue weighted by molar-refractivity contribution is 0.0513. The first-order valence-corrected chi connectivity index (χ1v) is 13.6. The molecular formula is C32H32FN5. The van der Waals surface area contributed by atoms with Gasteiger partial charge < -0.3 is 14.7 Å². The monoisotopic (exact) mass is 505 g/mol. The van der Waals surface area contributed by atoms with E-state index < -0.39 is 0 Å². The second kappa shape index (κ2) is 9.76. The standard InChI is InChI=1S/C32H32FN5/c33-26-8-11-27(12-9-26)35-14-16-36(17-15-35)29-20-30(21-29)38-19-18-37(23-38)28-10-6-25-7-13-31(34-32(25)22-28)24-4-2-1-3-5-24/h1-13,18-19,22,29-30H,14-17,20-21,23H2. The van der Waals surface area contributed by atoms with Crippen LogP contribution in [-0.4, -0.2) is 59.7 Å². The predicted molar refractivity (Wildman–Crippen MR) is 152 cm³/mol. The van der Waals surface area contributed by atoms with Crippen LogP contribution in [0.5, 0.6) is 0 Å². The lowest BCUT2D eigenvalue weighted by Crippen LogP contribution is -2.58. The zero-order valence-electron chi connectivity index (χ0n) is 21.5. The Balaban J connectivity index is 0.944. The summed E-state index contributed by atoms with van der Waals surface area (Å²) in [6, 6.07) is 29.4. The zero-order chi connectivity index (χ0) is 25.5. The molecule has 7 rings (SSSR count). The third kappa shape index (κ3) is 4.50. The van der Waals surface area contributed by atoms with Gasteiger partial charge in [0.25, 0.3) is 0 Å². The summed E-state index contributed by atoms with van der Waals surface area (Å²) in [7, 11) is 0. The Labute approximate surface area is 223 Å². The van der Waals surface area contributed by atoms with Crippen molar-refractivity contribution < 1.29 is 4.39 Å². The van der Waals surface area contributed by atoms with Crippen LogP contribution >= 0.6 is 0 Å². The number of benzene rings is 3. The van der Waals surface area contributed by atoms with Gasteiger partial charge in [0.15, 0.2) is 0 Å². The van der Waals surface area contributed by atoms with Crippen LogP contribution in [-0.2, 0) is 0 Å². The molecule has 3 aliphatic rings. The summed E-state index contributed by atoms with van der Waals surface area (Å²) >= 11 is 0. The number of rotatable bonds is 5. The van der Waals surface area contributed by atoms with Crippen molar-refractivity contribution in [1.82, 2.24) is 14.8 Å². The first kappa shape index (κ1) is 23.2. The van der Waals surface area contributed by atoms with Crippen LogP contribution in [0, 0.1) is 5.82 Å². The van der Waals surface area contributed by atoms with Crippen LogP contribution in [0.15, 0.2) is 97.3 Å². The smallest absolute Gasteiger partial charge is 0.123 e. The van der Waals surface area contributed by atoms with Gasteiger partial charge in [0.05, 0.1) is 17.9 Å². The van der Waals surface area contributed by atoms with Gasteiger partial charge in [-0.2, -0.15) is 0 Å². The van der Waals surface area contributed by atoms with E-state index in [1.807, 2.05) is 18.2 Å². The van der Waals surface area contributed by atoms with Gasteiger partial charge in [-0.05, 0) is 55.3 Å². The Morgan fingerprint density at radius 3 is 2.24 bits per heavy atom. The second-order valence-electron chi connectivity index (χ2n) is 10.6. The molecule has 0 N–H and O–H groups in total. The van der Waals surface area contributed by atoms with E-state index in [-0.39, 0.29) is 5.82 Å². The van der Waals surface area contributed by atoms with Crippen molar-refractivity contribution in [3.05, 3.63) is 103 Å². The number of nitrogens with zero attached hydrogens (tertiary/aromatic N) is 5. The average Bonchev–Trinajstić information content (AvgIpc) is 3.43. The maximum absolute atomic E-state index is 13.3. The fourth-order valence-corrected chi connectivity index (χ4v) is 6.02. The molecule has 192 valence electrons. The minimum Gasteiger partial charge on any atom is -0.369 e. The molecule has 1 aliphatic carbocycles. The number of pyridine rings is 1. The third-order valence-electron chi connectivity index (χ3n) is 8.41. The Morgan fingerprint density at radius 2 is 1.45 bits per heavy atom. The second-order valence-corrected chi connectivity index (χ2v) is 10.6. The molecule has 0 bridgehead atoms. The molecule has 5 nitrogen and oxygen atoms in total. The Morgan fingerprint density at radius 1 is 0.711 bits per heavy atom. The third-order valence-corrected chi connectivity index (χ3v) is 8.41. The van der Waals surface area contributed by atoms with Crippen LogP contribution in [0.1, 0.15) is 12.8 Å². The maximum Gasteiger partial charge on any atom is 0.123 e. The van der Waals surface area contributed by atoms with Crippen molar-refractivity contribution in [1.29, 1.82) is 0 Å². The molecule has 3 aromatic carbocycles. The number of piperazine rings is 1. The quantitative estimate of drug-likeness (QED) is 0.334. The molecule has 38 heavy (non-hydrogen) atoms. The first-order chi connectivity index (χ1) is 18.7. The molecule has 0 atom stereocenters. The lowest BCUT2D eigenvalue weighted by atomic mass is 9.84. The Hall–Kier alpha value is -3.90. The number of halogens is 1. The van der Waals surface area contributed by atoms with Crippen molar-refractivity contribution in [2.24, 2.45) is 0 Å². The van der Waals surface area contributed by atoms with E-state index in [9.17, 15) is 4.39 Å². The summed E-state index contributed by atoms with van der Waals surface area (Å²) in [5.41, 5.74) is 5.48. The fourth-order valence-electron chi connectivity index (χ4n) is 6.02. The summed E-state index contributed by atoms with van der Waals surface area (Å²) in [6.07, 6.45) is 6.89. The van der Waals surface area contributed by atoms with Crippen LogP contribution in [0.4, 0.5) is 15.8 Å². The van der Waals surface area contributed by atoms with Gasteiger partial charge >= 0.3 is 0 Å². The number of hydrogen-bond donors (Lipinski definition) is 0. The van der Waals surface area contributed by atoms with Crippen LogP contribution in [0.3, 0.4) is 0 Å². The highest BCUT2D eigenvalue weighted by atomic mass is 19.1. The summed E-state index contributed by atoms with van der Waals surface area (Å²) < 4.78 is 13.3. The Kier molecular flexibility index (Phi) is 5.97. The summed E-state index contributed by atoms with van der Waals surface area (Å²) in [5, 5.41) is 1.16. The molecule has 6 heteroatoms. The van der Waals surface area contributed by atoms with Gasteiger partial charge in [-0.15, -0.1) is 0 Å². The van der Waals surface area contributed by atoms with Crippen molar-refractivity contribution in [2.75, 3.05) is 42.6 Å². The fraction of sp³-hybridized carbons (Fsp3) is 0.281. The highest BCUT2D eigenvalue weighted by Gasteiger charge is 2.38. The van der Waals surface area contributed by atoms with E-state index in [4.69, 9.17) is 4.98 Å². The van der Waals surface area contributed by atoms with Crippen molar-refractivity contribution in [3.63, 3.8) is 0 Å². The molecule has 0 radical (unpaired) electrons. The predicted octanol–water partition coefficient (Wildman–Crippen LogP) is 5.94. The van der Waals surface area contributed by atoms with Crippen molar-refractivity contribution >= 4 is 22.3 Å². The molecule has 2 aliphatic heterocycles. The van der Waals surface area contributed by atoms with Gasteiger partial charge in [0.2, 0.25) is 0 Å². The topological polar surface area (TPSA) is 25.9 Å². The van der Waals surface area contributed by atoms with E-state index >= 15 is 0 Å². The molecule has 1 saturated heterocycles. The van der Waals surface area contributed by atoms with Gasteiger partial charge in [-0.3, -0.25) is 4.90 Å². The van der Waals surface area contributed by atoms with Crippen LogP contribution in [0.25, 0.3) is 22.2 Å². The molecule has 3 heterocycles. The molecule has 0 amide bonds. The van der Waals surface area contributed by atoms with Crippen LogP contribution in [0.2, 0.25) is 0 Å². The van der Waals surface area contributed by atoms with Crippen molar-refractivity contribution in [2.45, 2.75) is 24.9 Å². The minimum atomic E-state index is -0.170. The molecule has 1 aromatic heterocycles. The van der Waals surface area contributed by atoms with E-state index in [1.54, 1.807) is 12.1 Å². The van der Waals surface area contributed by atoms with Crippen LogP contribution < -0.4 is 9.80 Å². The van der Waals surface area contributed by atoms with Gasteiger partial charge in [-0.25, -0.2) is 9.37 Å². The SMILES string of the molecule is Fc1ccc(N2CCN(C3CC(N4C=CN(c5ccc6ccc(-c7ccccc7)nc6c5)C4)C3)CC2)cc1. The van der Waals surface area contributed by atoms with E-state index in [0.717, 1.165) is 60.7 Å². The molecule has 2 fully saturated rings. The van der Waals surface area contributed by atoms with E-state index in [0.29, 0.717) is 12.1 Å². The number of hydrogen-bond acceptors (Lipinski definition) is 5. The van der Waals surface area contributed by atoms with Gasteiger partial charge in [0, 0.05) is 73.0 Å². The number of anilines is 2. The normalized spacial score (nSPS) is 21.8.